The lowest BCUT2D eigenvalue weighted by atomic mass is 10.4. The van der Waals surface area contributed by atoms with Crippen LogP contribution in [0.3, 0.4) is 0 Å². The zero-order chi connectivity index (χ0) is 16.2. The van der Waals surface area contributed by atoms with Crippen LogP contribution in [0.2, 0.25) is 0 Å². The minimum atomic E-state index is -3.71. The van der Waals surface area contributed by atoms with Gasteiger partial charge in [-0.1, -0.05) is 19.1 Å². The Kier molecular flexibility index (Phi) is 5.02. The standard InChI is InChI=1S/C14H18N2O4S2/c1-2-11-21(17,18)13-6-3-4-7-14(13)22(19,20)12-10-16-9-5-8-15-16/h3-9H,2,10-12H2,1H3. The second kappa shape index (κ2) is 6.62. The molecule has 0 aliphatic rings. The first kappa shape index (κ1) is 16.7. The Hall–Kier alpha value is -1.67. The summed E-state index contributed by atoms with van der Waals surface area (Å²) in [7, 11) is -7.31. The van der Waals surface area contributed by atoms with E-state index >= 15 is 0 Å². The van der Waals surface area contributed by atoms with Crippen LogP contribution in [0.5, 0.6) is 0 Å². The van der Waals surface area contributed by atoms with Crippen molar-refractivity contribution >= 4 is 19.7 Å². The van der Waals surface area contributed by atoms with Crippen LogP contribution in [0.4, 0.5) is 0 Å². The first-order valence-electron chi connectivity index (χ1n) is 6.89. The van der Waals surface area contributed by atoms with Gasteiger partial charge in [-0.2, -0.15) is 5.10 Å². The van der Waals surface area contributed by atoms with E-state index in [0.29, 0.717) is 6.42 Å². The summed E-state index contributed by atoms with van der Waals surface area (Å²) in [5.74, 6) is -0.272. The van der Waals surface area contributed by atoms with Crippen molar-refractivity contribution in [1.29, 1.82) is 0 Å². The van der Waals surface area contributed by atoms with Gasteiger partial charge >= 0.3 is 0 Å². The predicted octanol–water partition coefficient (Wildman–Crippen LogP) is 1.54. The average Bonchev–Trinajstić information content (AvgIpc) is 2.99. The molecule has 0 radical (unpaired) electrons. The number of aryl methyl sites for hydroxylation is 1. The number of nitrogens with zero attached hydrogens (tertiary/aromatic N) is 2. The normalized spacial score (nSPS) is 12.4. The smallest absolute Gasteiger partial charge is 0.181 e. The van der Waals surface area contributed by atoms with Crippen molar-refractivity contribution in [2.75, 3.05) is 11.5 Å². The summed E-state index contributed by atoms with van der Waals surface area (Å²) in [5.41, 5.74) is 0. The summed E-state index contributed by atoms with van der Waals surface area (Å²) >= 11 is 0. The minimum absolute atomic E-state index is 0.0707. The fourth-order valence-electron chi connectivity index (χ4n) is 2.10. The summed E-state index contributed by atoms with van der Waals surface area (Å²) in [6, 6.07) is 7.47. The highest BCUT2D eigenvalue weighted by molar-refractivity contribution is 7.94. The molecule has 1 aromatic carbocycles. The Balaban J connectivity index is 2.35. The Morgan fingerprint density at radius 1 is 0.955 bits per heavy atom. The van der Waals surface area contributed by atoms with Gasteiger partial charge in [-0.25, -0.2) is 16.8 Å². The van der Waals surface area contributed by atoms with Crippen LogP contribution in [0.15, 0.2) is 52.5 Å². The molecule has 1 aromatic heterocycles. The molecular weight excluding hydrogens is 324 g/mol. The van der Waals surface area contributed by atoms with E-state index in [1.807, 2.05) is 0 Å². The highest BCUT2D eigenvalue weighted by Crippen LogP contribution is 2.23. The van der Waals surface area contributed by atoms with Gasteiger partial charge in [0.05, 0.1) is 27.8 Å². The molecule has 6 nitrogen and oxygen atoms in total. The monoisotopic (exact) mass is 342 g/mol. The van der Waals surface area contributed by atoms with Gasteiger partial charge in [-0.15, -0.1) is 0 Å². The van der Waals surface area contributed by atoms with Crippen LogP contribution < -0.4 is 0 Å². The lowest BCUT2D eigenvalue weighted by Crippen LogP contribution is -2.17. The predicted molar refractivity (Wildman–Crippen MR) is 83.1 cm³/mol. The summed E-state index contributed by atoms with van der Waals surface area (Å²) in [6.45, 7) is 1.92. The molecule has 0 aliphatic carbocycles. The van der Waals surface area contributed by atoms with E-state index in [0.717, 1.165) is 0 Å². The molecule has 0 fully saturated rings. The molecule has 120 valence electrons. The van der Waals surface area contributed by atoms with Gasteiger partial charge in [-0.3, -0.25) is 4.68 Å². The van der Waals surface area contributed by atoms with E-state index in [1.165, 1.54) is 28.9 Å². The van der Waals surface area contributed by atoms with Crippen LogP contribution in [-0.4, -0.2) is 38.1 Å². The summed E-state index contributed by atoms with van der Waals surface area (Å²) < 4.78 is 51.0. The lowest BCUT2D eigenvalue weighted by molar-refractivity contribution is 0.573. The molecule has 0 saturated heterocycles. The van der Waals surface area contributed by atoms with Crippen LogP contribution in [0, 0.1) is 0 Å². The molecule has 0 aliphatic heterocycles. The van der Waals surface area contributed by atoms with Crippen LogP contribution in [0.25, 0.3) is 0 Å². The van der Waals surface area contributed by atoms with Crippen molar-refractivity contribution in [3.05, 3.63) is 42.7 Å². The van der Waals surface area contributed by atoms with E-state index in [4.69, 9.17) is 0 Å². The molecule has 0 amide bonds. The Morgan fingerprint density at radius 3 is 2.05 bits per heavy atom. The van der Waals surface area contributed by atoms with Gasteiger partial charge in [-0.05, 0) is 24.6 Å². The minimum Gasteiger partial charge on any atom is -0.272 e. The highest BCUT2D eigenvalue weighted by Gasteiger charge is 2.25. The van der Waals surface area contributed by atoms with Crippen LogP contribution in [-0.2, 0) is 26.2 Å². The molecule has 1 heterocycles. The number of benzene rings is 1. The fraction of sp³-hybridized carbons (Fsp3) is 0.357. The number of aromatic nitrogens is 2. The topological polar surface area (TPSA) is 86.1 Å². The molecular formula is C14H18N2O4S2. The zero-order valence-electron chi connectivity index (χ0n) is 12.2. The second-order valence-electron chi connectivity index (χ2n) is 4.85. The molecule has 0 bridgehead atoms. The van der Waals surface area contributed by atoms with E-state index in [9.17, 15) is 16.8 Å². The van der Waals surface area contributed by atoms with Gasteiger partial charge in [0.15, 0.2) is 19.7 Å². The van der Waals surface area contributed by atoms with Gasteiger partial charge in [0.2, 0.25) is 0 Å². The average molecular weight is 342 g/mol. The van der Waals surface area contributed by atoms with Gasteiger partial charge in [0.1, 0.15) is 0 Å². The van der Waals surface area contributed by atoms with Gasteiger partial charge < -0.3 is 0 Å². The highest BCUT2D eigenvalue weighted by atomic mass is 32.2. The number of hydrogen-bond acceptors (Lipinski definition) is 5. The molecule has 22 heavy (non-hydrogen) atoms. The first-order chi connectivity index (χ1) is 10.4. The Morgan fingerprint density at radius 2 is 1.55 bits per heavy atom. The molecule has 2 rings (SSSR count). The third kappa shape index (κ3) is 3.75. The molecule has 0 spiro atoms. The maximum absolute atomic E-state index is 12.5. The van der Waals surface area contributed by atoms with E-state index in [-0.39, 0.29) is 27.8 Å². The Bertz CT molecular complexity index is 825. The fourth-order valence-corrected chi connectivity index (χ4v) is 5.59. The SMILES string of the molecule is CCCS(=O)(=O)c1ccccc1S(=O)(=O)CCn1cccn1. The number of sulfone groups is 2. The van der Waals surface area contributed by atoms with Crippen molar-refractivity contribution in [2.24, 2.45) is 0 Å². The molecule has 2 aromatic rings. The molecule has 0 atom stereocenters. The van der Waals surface area contributed by atoms with Crippen LogP contribution >= 0.6 is 0 Å². The summed E-state index contributed by atoms with van der Waals surface area (Å²) in [5, 5.41) is 3.95. The van der Waals surface area contributed by atoms with Crippen molar-refractivity contribution in [2.45, 2.75) is 29.7 Å². The third-order valence-corrected chi connectivity index (χ3v) is 6.99. The van der Waals surface area contributed by atoms with Crippen LogP contribution in [0.1, 0.15) is 13.3 Å². The third-order valence-electron chi connectivity index (χ3n) is 3.14. The second-order valence-corrected chi connectivity index (χ2v) is 9.01. The number of hydrogen-bond donors (Lipinski definition) is 0. The van der Waals surface area contributed by atoms with Crippen molar-refractivity contribution in [1.82, 2.24) is 9.78 Å². The molecule has 0 saturated carbocycles. The van der Waals surface area contributed by atoms with E-state index in [1.54, 1.807) is 25.4 Å². The Labute approximate surface area is 130 Å². The first-order valence-corrected chi connectivity index (χ1v) is 10.2. The molecule has 0 unspecified atom stereocenters. The molecule has 8 heteroatoms. The lowest BCUT2D eigenvalue weighted by Gasteiger charge is -2.11. The zero-order valence-corrected chi connectivity index (χ0v) is 13.8. The quantitative estimate of drug-likeness (QED) is 0.762. The maximum atomic E-state index is 12.5. The number of rotatable bonds is 7. The van der Waals surface area contributed by atoms with Crippen molar-refractivity contribution in [3.8, 4) is 0 Å². The van der Waals surface area contributed by atoms with Crippen molar-refractivity contribution < 1.29 is 16.8 Å². The largest absolute Gasteiger partial charge is 0.272 e. The van der Waals surface area contributed by atoms with E-state index in [2.05, 4.69) is 5.10 Å². The molecule has 0 N–H and O–H groups in total. The van der Waals surface area contributed by atoms with Gasteiger partial charge in [0, 0.05) is 12.4 Å². The summed E-state index contributed by atoms with van der Waals surface area (Å²) in [4.78, 5) is -0.243. The van der Waals surface area contributed by atoms with E-state index < -0.39 is 19.7 Å². The maximum Gasteiger partial charge on any atom is 0.181 e. The van der Waals surface area contributed by atoms with Crippen molar-refractivity contribution in [3.63, 3.8) is 0 Å². The summed E-state index contributed by atoms with van der Waals surface area (Å²) in [6.07, 6.45) is 3.66. The van der Waals surface area contributed by atoms with Gasteiger partial charge in [0.25, 0.3) is 0 Å².